The van der Waals surface area contributed by atoms with Gasteiger partial charge in [0.1, 0.15) is 0 Å². The number of nitrogens with one attached hydrogen (secondary N) is 1. The molecule has 0 aliphatic carbocycles. The van der Waals surface area contributed by atoms with Crippen LogP contribution >= 0.6 is 0 Å². The van der Waals surface area contributed by atoms with Gasteiger partial charge >= 0.3 is 0 Å². The van der Waals surface area contributed by atoms with E-state index < -0.39 is 18.2 Å². The van der Waals surface area contributed by atoms with Crippen molar-refractivity contribution in [1.29, 1.82) is 0 Å². The van der Waals surface area contributed by atoms with Gasteiger partial charge in [-0.1, -0.05) is 219 Å². The fraction of sp³-hybridized carbons (Fsp3) is 0.976. The normalized spacial score (nSPS) is 13.6. The minimum Gasteiger partial charge on any atom is -0.394 e. The molecule has 0 saturated carbocycles. The summed E-state index contributed by atoms with van der Waals surface area (Å²) >= 11 is 0. The number of hydrogen-bond acceptors (Lipinski definition) is 4. The van der Waals surface area contributed by atoms with E-state index in [2.05, 4.69) is 19.2 Å². The zero-order chi connectivity index (χ0) is 34.5. The van der Waals surface area contributed by atoms with Crippen LogP contribution in [0.3, 0.4) is 0 Å². The molecule has 4 N–H and O–H groups in total. The lowest BCUT2D eigenvalue weighted by Crippen LogP contribution is -2.46. The molecule has 0 bridgehead atoms. The SMILES string of the molecule is CCCCCCCCCCCCCCCCCCCCCCCCCC(O)C(CO)NC(=O)CC(O)CCCCCCCCCCC. The first-order valence-electron chi connectivity index (χ1n) is 21.3. The van der Waals surface area contributed by atoms with Crippen LogP contribution in [0.5, 0.6) is 0 Å². The van der Waals surface area contributed by atoms with Crippen LogP contribution in [-0.2, 0) is 4.79 Å². The monoisotopic (exact) mass is 668 g/mol. The summed E-state index contributed by atoms with van der Waals surface area (Å²) in [5.41, 5.74) is 0. The fourth-order valence-corrected chi connectivity index (χ4v) is 6.88. The topological polar surface area (TPSA) is 89.8 Å². The molecule has 0 aliphatic rings. The molecule has 5 heteroatoms. The van der Waals surface area contributed by atoms with Crippen LogP contribution in [0, 0.1) is 0 Å². The van der Waals surface area contributed by atoms with E-state index in [1.165, 1.54) is 180 Å². The van der Waals surface area contributed by atoms with Gasteiger partial charge in [-0.2, -0.15) is 0 Å². The molecule has 0 fully saturated rings. The van der Waals surface area contributed by atoms with Gasteiger partial charge < -0.3 is 20.6 Å². The van der Waals surface area contributed by atoms with Gasteiger partial charge in [0, 0.05) is 0 Å². The number of carbonyl (C=O) groups is 1. The standard InChI is InChI=1S/C42H85NO4/c1-3-5-7-9-11-13-14-15-16-17-18-19-20-21-22-23-24-25-26-28-30-32-34-36-41(46)40(38-44)43-42(47)37-39(45)35-33-31-29-27-12-10-8-6-4-2/h39-41,44-46H,3-38H2,1-2H3,(H,43,47). The highest BCUT2D eigenvalue weighted by Crippen LogP contribution is 2.17. The van der Waals surface area contributed by atoms with Gasteiger partial charge in [0.25, 0.3) is 0 Å². The quantitative estimate of drug-likeness (QED) is 0.0491. The molecule has 0 heterocycles. The Morgan fingerprint density at radius 3 is 1.02 bits per heavy atom. The van der Waals surface area contributed by atoms with Crippen molar-refractivity contribution in [3.63, 3.8) is 0 Å². The van der Waals surface area contributed by atoms with E-state index in [9.17, 15) is 20.1 Å². The first-order valence-corrected chi connectivity index (χ1v) is 21.3. The molecule has 3 unspecified atom stereocenters. The van der Waals surface area contributed by atoms with Crippen LogP contribution in [0.15, 0.2) is 0 Å². The first-order chi connectivity index (χ1) is 23.0. The van der Waals surface area contributed by atoms with Crippen molar-refractivity contribution in [2.45, 2.75) is 257 Å². The number of unbranched alkanes of at least 4 members (excludes halogenated alkanes) is 30. The minimum absolute atomic E-state index is 0.0413. The second kappa shape index (κ2) is 38.2. The largest absolute Gasteiger partial charge is 0.394 e. The average molecular weight is 668 g/mol. The highest BCUT2D eigenvalue weighted by Gasteiger charge is 2.21. The molecule has 47 heavy (non-hydrogen) atoms. The van der Waals surface area contributed by atoms with E-state index >= 15 is 0 Å². The van der Waals surface area contributed by atoms with Crippen LogP contribution in [0.2, 0.25) is 0 Å². The lowest BCUT2D eigenvalue weighted by atomic mass is 10.0. The third kappa shape index (κ3) is 35.0. The molecular formula is C42H85NO4. The molecule has 3 atom stereocenters. The van der Waals surface area contributed by atoms with Crippen molar-refractivity contribution in [3.05, 3.63) is 0 Å². The number of aliphatic hydroxyl groups excluding tert-OH is 3. The Balaban J connectivity index is 3.52. The number of amides is 1. The Morgan fingerprint density at radius 1 is 0.447 bits per heavy atom. The van der Waals surface area contributed by atoms with E-state index in [1.807, 2.05) is 0 Å². The maximum absolute atomic E-state index is 12.4. The van der Waals surface area contributed by atoms with E-state index in [0.29, 0.717) is 12.8 Å². The van der Waals surface area contributed by atoms with Gasteiger partial charge in [-0.25, -0.2) is 0 Å². The summed E-state index contributed by atoms with van der Waals surface area (Å²) in [6.07, 6.45) is 42.2. The Kier molecular flexibility index (Phi) is 37.6. The van der Waals surface area contributed by atoms with Crippen LogP contribution in [0.1, 0.15) is 239 Å². The molecule has 0 radical (unpaired) electrons. The Hall–Kier alpha value is -0.650. The summed E-state index contributed by atoms with van der Waals surface area (Å²) in [5, 5.41) is 33.2. The number of rotatable bonds is 39. The molecule has 0 aromatic carbocycles. The third-order valence-corrected chi connectivity index (χ3v) is 10.2. The lowest BCUT2D eigenvalue weighted by Gasteiger charge is -2.23. The Labute approximate surface area is 294 Å². The molecule has 0 spiro atoms. The predicted molar refractivity (Wildman–Crippen MR) is 204 cm³/mol. The van der Waals surface area contributed by atoms with Gasteiger partial charge in [0.05, 0.1) is 31.3 Å². The van der Waals surface area contributed by atoms with E-state index in [0.717, 1.165) is 25.7 Å². The van der Waals surface area contributed by atoms with E-state index in [4.69, 9.17) is 0 Å². The van der Waals surface area contributed by atoms with Gasteiger partial charge in [0.15, 0.2) is 0 Å². The first kappa shape index (κ1) is 46.4. The van der Waals surface area contributed by atoms with Crippen molar-refractivity contribution in [3.8, 4) is 0 Å². The van der Waals surface area contributed by atoms with Crippen molar-refractivity contribution >= 4 is 5.91 Å². The maximum Gasteiger partial charge on any atom is 0.222 e. The summed E-state index contributed by atoms with van der Waals surface area (Å²) in [7, 11) is 0. The number of aliphatic hydroxyl groups is 3. The predicted octanol–water partition coefficient (Wildman–Crippen LogP) is 11.9. The summed E-state index contributed by atoms with van der Waals surface area (Å²) in [6.45, 7) is 4.25. The molecule has 1 amide bonds. The molecule has 5 nitrogen and oxygen atoms in total. The average Bonchev–Trinajstić information content (AvgIpc) is 3.06. The Bertz CT molecular complexity index is 615. The van der Waals surface area contributed by atoms with Gasteiger partial charge in [-0.3, -0.25) is 4.79 Å². The van der Waals surface area contributed by atoms with E-state index in [-0.39, 0.29) is 18.9 Å². The van der Waals surface area contributed by atoms with Crippen LogP contribution in [-0.4, -0.2) is 46.1 Å². The van der Waals surface area contributed by atoms with Crippen molar-refractivity contribution in [2.24, 2.45) is 0 Å². The van der Waals surface area contributed by atoms with Crippen molar-refractivity contribution in [1.82, 2.24) is 5.32 Å². The minimum atomic E-state index is -0.742. The smallest absolute Gasteiger partial charge is 0.222 e. The summed E-state index contributed by atoms with van der Waals surface area (Å²) in [4.78, 5) is 12.4. The molecule has 0 aromatic heterocycles. The summed E-state index contributed by atoms with van der Waals surface area (Å²) in [6, 6.07) is -0.651. The molecule has 282 valence electrons. The number of carbonyl (C=O) groups excluding carboxylic acids is 1. The Morgan fingerprint density at radius 2 is 0.723 bits per heavy atom. The van der Waals surface area contributed by atoms with Crippen LogP contribution < -0.4 is 5.32 Å². The van der Waals surface area contributed by atoms with Gasteiger partial charge in [0.2, 0.25) is 5.91 Å². The molecule has 0 aromatic rings. The summed E-state index contributed by atoms with van der Waals surface area (Å²) < 4.78 is 0. The lowest BCUT2D eigenvalue weighted by molar-refractivity contribution is -0.125. The van der Waals surface area contributed by atoms with Crippen LogP contribution in [0.4, 0.5) is 0 Å². The second-order valence-corrected chi connectivity index (χ2v) is 15.0. The number of hydrogen-bond donors (Lipinski definition) is 4. The molecule has 0 saturated heterocycles. The highest BCUT2D eigenvalue weighted by molar-refractivity contribution is 5.76. The van der Waals surface area contributed by atoms with Gasteiger partial charge in [-0.15, -0.1) is 0 Å². The fourth-order valence-electron chi connectivity index (χ4n) is 6.88. The van der Waals surface area contributed by atoms with Crippen molar-refractivity contribution in [2.75, 3.05) is 6.61 Å². The zero-order valence-corrected chi connectivity index (χ0v) is 31.9. The van der Waals surface area contributed by atoms with Crippen LogP contribution in [0.25, 0.3) is 0 Å². The summed E-state index contributed by atoms with van der Waals surface area (Å²) in [5.74, 6) is -0.282. The molecular weight excluding hydrogens is 582 g/mol. The van der Waals surface area contributed by atoms with Gasteiger partial charge in [-0.05, 0) is 12.8 Å². The van der Waals surface area contributed by atoms with Crippen molar-refractivity contribution < 1.29 is 20.1 Å². The zero-order valence-electron chi connectivity index (χ0n) is 31.9. The highest BCUT2D eigenvalue weighted by atomic mass is 16.3. The molecule has 0 aliphatic heterocycles. The third-order valence-electron chi connectivity index (χ3n) is 10.2. The van der Waals surface area contributed by atoms with E-state index in [1.54, 1.807) is 0 Å². The molecule has 0 rings (SSSR count). The second-order valence-electron chi connectivity index (χ2n) is 15.0. The maximum atomic E-state index is 12.4.